The van der Waals surface area contributed by atoms with Crippen molar-refractivity contribution in [3.05, 3.63) is 64.3 Å². The van der Waals surface area contributed by atoms with E-state index in [1.807, 2.05) is 18.2 Å². The lowest BCUT2D eigenvalue weighted by Gasteiger charge is -2.41. The number of fused-ring (bicyclic) bond motifs is 1. The normalized spacial score (nSPS) is 16.4. The van der Waals surface area contributed by atoms with E-state index in [1.165, 1.54) is 6.20 Å². The summed E-state index contributed by atoms with van der Waals surface area (Å²) in [5.41, 5.74) is 0.625. The predicted octanol–water partition coefficient (Wildman–Crippen LogP) is 8.08. The third-order valence-electron chi connectivity index (χ3n) is 7.44. The summed E-state index contributed by atoms with van der Waals surface area (Å²) in [6.07, 6.45) is 3.42. The average Bonchev–Trinajstić information content (AvgIpc) is 2.90. The number of methoxy groups -OCH3 is 1. The highest BCUT2D eigenvalue weighted by Crippen LogP contribution is 2.44. The van der Waals surface area contributed by atoms with Gasteiger partial charge in [-0.05, 0) is 99.3 Å². The Labute approximate surface area is 237 Å². The minimum absolute atomic E-state index is 0.0524. The number of thioether (sulfide) groups is 1. The van der Waals surface area contributed by atoms with E-state index in [0.29, 0.717) is 28.6 Å². The number of piperidine rings is 1. The van der Waals surface area contributed by atoms with Crippen LogP contribution in [0.4, 0.5) is 4.39 Å². The molecule has 1 aliphatic heterocycles. The van der Waals surface area contributed by atoms with Crippen molar-refractivity contribution in [2.24, 2.45) is 5.41 Å². The number of aliphatic carboxylic acids is 1. The Morgan fingerprint density at radius 3 is 2.74 bits per heavy atom. The molecule has 0 radical (unpaired) electrons. The number of hydrogen-bond acceptors (Lipinski definition) is 5. The molecule has 2 aromatic carbocycles. The number of carboxylic acid groups (broad SMARTS) is 1. The molecule has 0 spiro atoms. The van der Waals surface area contributed by atoms with Gasteiger partial charge in [0.2, 0.25) is 0 Å². The number of ether oxygens (including phenoxy) is 1. The molecule has 1 aromatic heterocycles. The number of aromatic nitrogens is 1. The van der Waals surface area contributed by atoms with Gasteiger partial charge in [0.05, 0.1) is 24.1 Å². The monoisotopic (exact) mass is 578 g/mol. The van der Waals surface area contributed by atoms with Crippen LogP contribution in [0.2, 0.25) is 10.0 Å². The lowest BCUT2D eigenvalue weighted by molar-refractivity contribution is -0.141. The Bertz CT molecular complexity index is 1250. The van der Waals surface area contributed by atoms with Gasteiger partial charge < -0.3 is 14.7 Å². The molecule has 4 rings (SSSR count). The van der Waals surface area contributed by atoms with E-state index in [1.54, 1.807) is 37.1 Å². The van der Waals surface area contributed by atoms with E-state index in [2.05, 4.69) is 16.0 Å². The third kappa shape index (κ3) is 7.53. The zero-order chi connectivity index (χ0) is 27.1. The van der Waals surface area contributed by atoms with Crippen LogP contribution in [0.25, 0.3) is 10.9 Å². The first-order valence-electron chi connectivity index (χ1n) is 12.9. The van der Waals surface area contributed by atoms with Crippen LogP contribution in [0.15, 0.2) is 53.6 Å². The fourth-order valence-corrected chi connectivity index (χ4v) is 6.73. The van der Waals surface area contributed by atoms with Gasteiger partial charge in [-0.1, -0.05) is 29.3 Å². The number of halogens is 3. The Hall–Kier alpha value is -2.06. The minimum atomic E-state index is -1.33. The van der Waals surface area contributed by atoms with Crippen LogP contribution in [0.1, 0.15) is 50.3 Å². The van der Waals surface area contributed by atoms with Crippen molar-refractivity contribution < 1.29 is 19.0 Å². The molecular weight excluding hydrogens is 546 g/mol. The molecule has 1 unspecified atom stereocenters. The number of likely N-dealkylation sites (tertiary alicyclic amines) is 1. The Morgan fingerprint density at radius 1 is 1.24 bits per heavy atom. The van der Waals surface area contributed by atoms with E-state index in [-0.39, 0.29) is 17.9 Å². The van der Waals surface area contributed by atoms with E-state index in [9.17, 15) is 9.90 Å². The predicted molar refractivity (Wildman–Crippen MR) is 154 cm³/mol. The number of nitrogens with zero attached hydrogens (tertiary/aromatic N) is 2. The van der Waals surface area contributed by atoms with Gasteiger partial charge in [-0.15, -0.1) is 11.8 Å². The molecule has 3 aromatic rings. The molecule has 204 valence electrons. The molecular formula is C29H33Cl2FN2O3S. The topological polar surface area (TPSA) is 62.7 Å². The molecule has 2 heterocycles. The summed E-state index contributed by atoms with van der Waals surface area (Å²) in [5, 5.41) is 11.3. The zero-order valence-corrected chi connectivity index (χ0v) is 23.8. The molecule has 5 nitrogen and oxygen atoms in total. The summed E-state index contributed by atoms with van der Waals surface area (Å²) >= 11 is 14.3. The summed E-state index contributed by atoms with van der Waals surface area (Å²) in [6.45, 7) is 2.60. The number of carbonyl (C=O) groups is 1. The quantitative estimate of drug-likeness (QED) is 0.173. The van der Waals surface area contributed by atoms with Gasteiger partial charge in [-0.2, -0.15) is 0 Å². The van der Waals surface area contributed by atoms with Crippen molar-refractivity contribution in [1.82, 2.24) is 9.88 Å². The van der Waals surface area contributed by atoms with Gasteiger partial charge in [-0.25, -0.2) is 4.39 Å². The molecule has 1 N–H and O–H groups in total. The van der Waals surface area contributed by atoms with Crippen molar-refractivity contribution in [2.45, 2.75) is 49.6 Å². The summed E-state index contributed by atoms with van der Waals surface area (Å²) in [5.74, 6) is 0.770. The van der Waals surface area contributed by atoms with Gasteiger partial charge >= 0.3 is 5.97 Å². The highest BCUT2D eigenvalue weighted by molar-refractivity contribution is 7.99. The van der Waals surface area contributed by atoms with Crippen LogP contribution in [-0.4, -0.2) is 53.5 Å². The molecule has 1 saturated heterocycles. The largest absolute Gasteiger partial charge is 0.497 e. The smallest absolute Gasteiger partial charge is 0.303 e. The van der Waals surface area contributed by atoms with Gasteiger partial charge in [0.25, 0.3) is 0 Å². The Kier molecular flexibility index (Phi) is 10.2. The lowest BCUT2D eigenvalue weighted by Crippen LogP contribution is -2.41. The van der Waals surface area contributed by atoms with Crippen LogP contribution in [-0.2, 0) is 4.79 Å². The molecule has 38 heavy (non-hydrogen) atoms. The van der Waals surface area contributed by atoms with Crippen molar-refractivity contribution in [1.29, 1.82) is 0 Å². The molecule has 1 atom stereocenters. The lowest BCUT2D eigenvalue weighted by atomic mass is 9.71. The van der Waals surface area contributed by atoms with Gasteiger partial charge in [-0.3, -0.25) is 9.78 Å². The van der Waals surface area contributed by atoms with Crippen LogP contribution >= 0.6 is 35.0 Å². The number of benzene rings is 2. The number of hydrogen-bond donors (Lipinski definition) is 1. The minimum Gasteiger partial charge on any atom is -0.497 e. The molecule has 9 heteroatoms. The van der Waals surface area contributed by atoms with Crippen molar-refractivity contribution >= 4 is 51.8 Å². The van der Waals surface area contributed by atoms with E-state index in [0.717, 1.165) is 54.6 Å². The summed E-state index contributed by atoms with van der Waals surface area (Å²) in [4.78, 5) is 19.7. The molecule has 1 fully saturated rings. The van der Waals surface area contributed by atoms with Gasteiger partial charge in [0.15, 0.2) is 0 Å². The van der Waals surface area contributed by atoms with Crippen LogP contribution < -0.4 is 4.74 Å². The molecule has 1 aliphatic rings. The van der Waals surface area contributed by atoms with Crippen molar-refractivity contribution in [3.63, 3.8) is 0 Å². The zero-order valence-electron chi connectivity index (χ0n) is 21.5. The fourth-order valence-electron chi connectivity index (χ4n) is 5.31. The SMILES string of the molecule is COc1ccc2ncc(Cl)c(C(F)CCC3(CC(=O)O)CCN(CCCSc4cccc(Cl)c4)CC3)c2c1. The highest BCUT2D eigenvalue weighted by atomic mass is 35.5. The van der Waals surface area contributed by atoms with Crippen LogP contribution in [0, 0.1) is 5.41 Å². The first-order chi connectivity index (χ1) is 18.3. The van der Waals surface area contributed by atoms with Gasteiger partial charge in [0.1, 0.15) is 11.9 Å². The van der Waals surface area contributed by atoms with E-state index in [4.69, 9.17) is 27.9 Å². The Balaban J connectivity index is 1.35. The number of rotatable bonds is 12. The summed E-state index contributed by atoms with van der Waals surface area (Å²) in [6, 6.07) is 13.2. The maximum absolute atomic E-state index is 15.7. The maximum atomic E-state index is 15.7. The molecule has 0 amide bonds. The van der Waals surface area contributed by atoms with Crippen molar-refractivity contribution in [2.75, 3.05) is 32.5 Å². The summed E-state index contributed by atoms with van der Waals surface area (Å²) in [7, 11) is 1.56. The van der Waals surface area contributed by atoms with Crippen molar-refractivity contribution in [3.8, 4) is 5.75 Å². The fraction of sp³-hybridized carbons (Fsp3) is 0.448. The second-order valence-corrected chi connectivity index (χ2v) is 12.0. The average molecular weight is 580 g/mol. The maximum Gasteiger partial charge on any atom is 0.303 e. The first kappa shape index (κ1) is 28.9. The highest BCUT2D eigenvalue weighted by Gasteiger charge is 2.37. The van der Waals surface area contributed by atoms with Gasteiger partial charge in [0, 0.05) is 27.1 Å². The molecule has 0 saturated carbocycles. The second kappa shape index (κ2) is 13.3. The third-order valence-corrected chi connectivity index (χ3v) is 9.05. The second-order valence-electron chi connectivity index (χ2n) is 9.98. The molecule has 0 aliphatic carbocycles. The number of pyridine rings is 1. The molecule has 0 bridgehead atoms. The number of carboxylic acids is 1. The summed E-state index contributed by atoms with van der Waals surface area (Å²) < 4.78 is 21.1. The Morgan fingerprint density at radius 2 is 2.03 bits per heavy atom. The first-order valence-corrected chi connectivity index (χ1v) is 14.6. The van der Waals surface area contributed by atoms with Crippen LogP contribution in [0.3, 0.4) is 0 Å². The number of alkyl halides is 1. The van der Waals surface area contributed by atoms with Crippen LogP contribution in [0.5, 0.6) is 5.75 Å². The van der Waals surface area contributed by atoms with E-state index >= 15 is 4.39 Å². The van der Waals surface area contributed by atoms with E-state index < -0.39 is 17.6 Å². The standard InChI is InChI=1S/C29H33Cl2FN2O3S/c1-37-21-6-7-26-23(17-21)28(24(31)19-33-26)25(32)8-9-29(18-27(35)36)10-13-34(14-11-29)12-3-15-38-22-5-2-4-20(30)16-22/h2,4-7,16-17,19,25H,3,8-15,18H2,1H3,(H,35,36).